The molecule has 6 nitrogen and oxygen atoms in total. The van der Waals surface area contributed by atoms with Gasteiger partial charge in [-0.25, -0.2) is 0 Å². The maximum Gasteiger partial charge on any atom is 0.239 e. The van der Waals surface area contributed by atoms with Crippen LogP contribution in [0, 0.1) is 0 Å². The molecule has 2 saturated heterocycles. The van der Waals surface area contributed by atoms with E-state index in [0.29, 0.717) is 26.2 Å². The Bertz CT molecular complexity index is 613. The molecular weight excluding hydrogens is 316 g/mol. The third-order valence-corrected chi connectivity index (χ3v) is 5.56. The number of benzene rings is 1. The number of piperazine rings is 1. The number of nitrogens with zero attached hydrogens (tertiary/aromatic N) is 3. The van der Waals surface area contributed by atoms with E-state index in [9.17, 15) is 9.59 Å². The summed E-state index contributed by atoms with van der Waals surface area (Å²) in [6.45, 7) is 7.58. The molecular formula is C19H28N4O2. The van der Waals surface area contributed by atoms with Gasteiger partial charge in [0.25, 0.3) is 0 Å². The predicted octanol–water partition coefficient (Wildman–Crippen LogP) is 0.492. The molecule has 0 radical (unpaired) electrons. The molecule has 2 fully saturated rings. The molecule has 1 unspecified atom stereocenters. The van der Waals surface area contributed by atoms with Crippen LogP contribution >= 0.6 is 0 Å². The third-order valence-electron chi connectivity index (χ3n) is 5.56. The molecule has 25 heavy (non-hydrogen) atoms. The Balaban J connectivity index is 1.59. The van der Waals surface area contributed by atoms with Crippen molar-refractivity contribution in [1.29, 1.82) is 0 Å². The molecule has 2 aliphatic heterocycles. The number of nitrogens with two attached hydrogens (primary N) is 1. The van der Waals surface area contributed by atoms with Gasteiger partial charge in [0.2, 0.25) is 11.8 Å². The SMILES string of the molecule is CC(=O)N1CCN(C(=O)C(C)N2C[C@@H](N)[C@H](c3ccccc3)C2)CC1. The molecule has 0 aromatic heterocycles. The topological polar surface area (TPSA) is 69.9 Å². The van der Waals surface area contributed by atoms with Crippen LogP contribution in [0.3, 0.4) is 0 Å². The molecule has 2 amide bonds. The molecule has 6 heteroatoms. The molecule has 2 N–H and O–H groups in total. The van der Waals surface area contributed by atoms with Crippen molar-refractivity contribution in [2.24, 2.45) is 5.73 Å². The summed E-state index contributed by atoms with van der Waals surface area (Å²) in [5, 5.41) is 0. The number of hydrogen-bond donors (Lipinski definition) is 1. The Morgan fingerprint density at radius 1 is 1.04 bits per heavy atom. The van der Waals surface area contributed by atoms with Gasteiger partial charge in [-0.05, 0) is 12.5 Å². The zero-order valence-electron chi connectivity index (χ0n) is 15.1. The first-order valence-electron chi connectivity index (χ1n) is 9.06. The lowest BCUT2D eigenvalue weighted by Gasteiger charge is -2.37. The molecule has 136 valence electrons. The summed E-state index contributed by atoms with van der Waals surface area (Å²) in [4.78, 5) is 30.2. The van der Waals surface area contributed by atoms with Gasteiger partial charge in [0.05, 0.1) is 6.04 Å². The second kappa shape index (κ2) is 7.54. The summed E-state index contributed by atoms with van der Waals surface area (Å²) >= 11 is 0. The molecule has 1 aromatic carbocycles. The van der Waals surface area contributed by atoms with E-state index >= 15 is 0 Å². The highest BCUT2D eigenvalue weighted by Crippen LogP contribution is 2.28. The highest BCUT2D eigenvalue weighted by molar-refractivity contribution is 5.82. The molecule has 0 spiro atoms. The Labute approximate surface area is 149 Å². The summed E-state index contributed by atoms with van der Waals surface area (Å²) in [6.07, 6.45) is 0. The number of hydrogen-bond acceptors (Lipinski definition) is 4. The fourth-order valence-electron chi connectivity index (χ4n) is 3.89. The number of carbonyl (C=O) groups is 2. The van der Waals surface area contributed by atoms with Crippen LogP contribution in [0.5, 0.6) is 0 Å². The van der Waals surface area contributed by atoms with E-state index in [1.165, 1.54) is 5.56 Å². The number of rotatable bonds is 3. The van der Waals surface area contributed by atoms with Gasteiger partial charge < -0.3 is 15.5 Å². The molecule has 2 heterocycles. The van der Waals surface area contributed by atoms with Gasteiger partial charge in [0.15, 0.2) is 0 Å². The minimum absolute atomic E-state index is 0.0483. The maximum absolute atomic E-state index is 12.9. The van der Waals surface area contributed by atoms with E-state index in [1.807, 2.05) is 30.0 Å². The highest BCUT2D eigenvalue weighted by Gasteiger charge is 2.37. The molecule has 1 aromatic rings. The maximum atomic E-state index is 12.9. The summed E-state index contributed by atoms with van der Waals surface area (Å²) in [5.41, 5.74) is 7.60. The lowest BCUT2D eigenvalue weighted by molar-refractivity contribution is -0.141. The number of amides is 2. The van der Waals surface area contributed by atoms with E-state index in [1.54, 1.807) is 11.8 Å². The average molecular weight is 344 g/mol. The van der Waals surface area contributed by atoms with Crippen LogP contribution in [-0.2, 0) is 9.59 Å². The van der Waals surface area contributed by atoms with Crippen LogP contribution in [0.2, 0.25) is 0 Å². The largest absolute Gasteiger partial charge is 0.339 e. The van der Waals surface area contributed by atoms with Crippen LogP contribution in [-0.4, -0.2) is 77.9 Å². The summed E-state index contributed by atoms with van der Waals surface area (Å²) in [5.74, 6) is 0.492. The lowest BCUT2D eigenvalue weighted by atomic mass is 9.95. The lowest BCUT2D eigenvalue weighted by Crippen LogP contribution is -2.54. The fourth-order valence-corrected chi connectivity index (χ4v) is 3.89. The molecule has 0 aliphatic carbocycles. The summed E-state index contributed by atoms with van der Waals surface area (Å²) in [7, 11) is 0. The highest BCUT2D eigenvalue weighted by atomic mass is 16.2. The minimum Gasteiger partial charge on any atom is -0.339 e. The van der Waals surface area contributed by atoms with E-state index in [0.717, 1.165) is 13.1 Å². The Morgan fingerprint density at radius 3 is 2.24 bits per heavy atom. The minimum atomic E-state index is -0.177. The fraction of sp³-hybridized carbons (Fsp3) is 0.579. The van der Waals surface area contributed by atoms with E-state index in [2.05, 4.69) is 17.0 Å². The molecule has 2 aliphatic rings. The van der Waals surface area contributed by atoms with Gasteiger partial charge in [0, 0.05) is 58.2 Å². The first-order chi connectivity index (χ1) is 12.0. The zero-order chi connectivity index (χ0) is 18.0. The van der Waals surface area contributed by atoms with Crippen molar-refractivity contribution < 1.29 is 9.59 Å². The molecule has 0 bridgehead atoms. The van der Waals surface area contributed by atoms with Gasteiger partial charge in [-0.15, -0.1) is 0 Å². The molecule has 3 atom stereocenters. The van der Waals surface area contributed by atoms with E-state index < -0.39 is 0 Å². The quantitative estimate of drug-likeness (QED) is 0.867. The van der Waals surface area contributed by atoms with Gasteiger partial charge >= 0.3 is 0 Å². The summed E-state index contributed by atoms with van der Waals surface area (Å²) < 4.78 is 0. The van der Waals surface area contributed by atoms with Crippen LogP contribution in [0.4, 0.5) is 0 Å². The third kappa shape index (κ3) is 3.85. The zero-order valence-corrected chi connectivity index (χ0v) is 15.1. The molecule has 0 saturated carbocycles. The second-order valence-corrected chi connectivity index (χ2v) is 7.14. The van der Waals surface area contributed by atoms with Gasteiger partial charge in [-0.3, -0.25) is 14.5 Å². The van der Waals surface area contributed by atoms with Crippen molar-refractivity contribution in [2.45, 2.75) is 31.8 Å². The van der Waals surface area contributed by atoms with Crippen molar-refractivity contribution >= 4 is 11.8 Å². The van der Waals surface area contributed by atoms with Crippen LogP contribution < -0.4 is 5.73 Å². The monoisotopic (exact) mass is 344 g/mol. The number of carbonyl (C=O) groups excluding carboxylic acids is 2. The van der Waals surface area contributed by atoms with Crippen LogP contribution in [0.15, 0.2) is 30.3 Å². The van der Waals surface area contributed by atoms with Gasteiger partial charge in [0.1, 0.15) is 0 Å². The summed E-state index contributed by atoms with van der Waals surface area (Å²) in [6, 6.07) is 10.2. The Kier molecular flexibility index (Phi) is 5.39. The second-order valence-electron chi connectivity index (χ2n) is 7.14. The van der Waals surface area contributed by atoms with Crippen LogP contribution in [0.1, 0.15) is 25.3 Å². The normalized spacial score (nSPS) is 25.9. The average Bonchev–Trinajstić information content (AvgIpc) is 3.03. The van der Waals surface area contributed by atoms with Crippen LogP contribution in [0.25, 0.3) is 0 Å². The van der Waals surface area contributed by atoms with Crippen molar-refractivity contribution in [1.82, 2.24) is 14.7 Å². The van der Waals surface area contributed by atoms with E-state index in [-0.39, 0.29) is 29.8 Å². The Hall–Kier alpha value is -1.92. The van der Waals surface area contributed by atoms with Crippen molar-refractivity contribution in [2.75, 3.05) is 39.3 Å². The van der Waals surface area contributed by atoms with Crippen molar-refractivity contribution in [3.8, 4) is 0 Å². The predicted molar refractivity (Wildman–Crippen MR) is 97.0 cm³/mol. The first kappa shape index (κ1) is 17.9. The van der Waals surface area contributed by atoms with Crippen molar-refractivity contribution in [3.05, 3.63) is 35.9 Å². The van der Waals surface area contributed by atoms with E-state index in [4.69, 9.17) is 5.73 Å². The van der Waals surface area contributed by atoms with Crippen molar-refractivity contribution in [3.63, 3.8) is 0 Å². The van der Waals surface area contributed by atoms with Gasteiger partial charge in [-0.2, -0.15) is 0 Å². The standard InChI is InChI=1S/C19H28N4O2/c1-14(19(25)22-10-8-21(9-11-22)15(2)24)23-12-17(18(20)13-23)16-6-4-3-5-7-16/h3-7,14,17-18H,8-13,20H2,1-2H3/t14?,17-,18+/m0/s1. The smallest absolute Gasteiger partial charge is 0.239 e. The van der Waals surface area contributed by atoms with Gasteiger partial charge in [-0.1, -0.05) is 30.3 Å². The Morgan fingerprint density at radius 2 is 1.64 bits per heavy atom. The first-order valence-corrected chi connectivity index (χ1v) is 9.06. The molecule has 3 rings (SSSR count). The number of likely N-dealkylation sites (tertiary alicyclic amines) is 1.